The summed E-state index contributed by atoms with van der Waals surface area (Å²) in [6, 6.07) is 10.6. The summed E-state index contributed by atoms with van der Waals surface area (Å²) in [6.45, 7) is 2.11. The van der Waals surface area contributed by atoms with Crippen molar-refractivity contribution in [3.63, 3.8) is 0 Å². The first-order chi connectivity index (χ1) is 6.72. The lowest BCUT2D eigenvalue weighted by Gasteiger charge is -2.07. The monoisotopic (exact) mass is 298 g/mol. The number of hydrogen-bond acceptors (Lipinski definition) is 1. The molecular formula is C12H11IO. The number of aryl methyl sites for hydroxylation is 1. The zero-order valence-electron chi connectivity index (χ0n) is 8.17. The lowest BCUT2D eigenvalue weighted by molar-refractivity contribution is 0.412. The first kappa shape index (κ1) is 9.77. The molecule has 0 saturated heterocycles. The predicted octanol–water partition coefficient (Wildman–Crippen LogP) is 3.76. The fraction of sp³-hybridized carbons (Fsp3) is 0.167. The standard InChI is InChI=1S/C12H11IO/c1-8-3-5-10-9(7-8)4-6-11(14-2)12(10)13/h3-7H,1-2H3. The second-order valence-corrected chi connectivity index (χ2v) is 4.39. The summed E-state index contributed by atoms with van der Waals surface area (Å²) >= 11 is 2.33. The second kappa shape index (κ2) is 3.77. The molecule has 0 unspecified atom stereocenters. The highest BCUT2D eigenvalue weighted by Crippen LogP contribution is 2.29. The van der Waals surface area contributed by atoms with Gasteiger partial charge in [-0.2, -0.15) is 0 Å². The summed E-state index contributed by atoms with van der Waals surface area (Å²) < 4.78 is 6.46. The number of methoxy groups -OCH3 is 1. The van der Waals surface area contributed by atoms with E-state index in [-0.39, 0.29) is 0 Å². The average Bonchev–Trinajstić information content (AvgIpc) is 2.18. The Kier molecular flexibility index (Phi) is 2.63. The Labute approximate surface area is 97.2 Å². The molecule has 2 rings (SSSR count). The van der Waals surface area contributed by atoms with Gasteiger partial charge < -0.3 is 4.74 Å². The fourth-order valence-corrected chi connectivity index (χ4v) is 2.44. The van der Waals surface area contributed by atoms with E-state index in [1.165, 1.54) is 19.9 Å². The minimum atomic E-state index is 0.946. The molecule has 0 saturated carbocycles. The number of halogens is 1. The number of benzene rings is 2. The van der Waals surface area contributed by atoms with Crippen molar-refractivity contribution >= 4 is 33.4 Å². The summed E-state index contributed by atoms with van der Waals surface area (Å²) in [7, 11) is 1.71. The summed E-state index contributed by atoms with van der Waals surface area (Å²) in [6.07, 6.45) is 0. The average molecular weight is 298 g/mol. The van der Waals surface area contributed by atoms with E-state index in [1.54, 1.807) is 7.11 Å². The van der Waals surface area contributed by atoms with E-state index in [1.807, 2.05) is 6.07 Å². The van der Waals surface area contributed by atoms with Crippen LogP contribution < -0.4 is 4.74 Å². The molecular weight excluding hydrogens is 287 g/mol. The quantitative estimate of drug-likeness (QED) is 0.728. The number of hydrogen-bond donors (Lipinski definition) is 0. The molecule has 0 atom stereocenters. The molecule has 0 bridgehead atoms. The van der Waals surface area contributed by atoms with Gasteiger partial charge in [0.2, 0.25) is 0 Å². The van der Waals surface area contributed by atoms with Gasteiger partial charge in [0.15, 0.2) is 0 Å². The first-order valence-corrected chi connectivity index (χ1v) is 5.53. The van der Waals surface area contributed by atoms with Gasteiger partial charge in [0, 0.05) is 0 Å². The summed E-state index contributed by atoms with van der Waals surface area (Å²) in [5, 5.41) is 2.53. The van der Waals surface area contributed by atoms with Crippen LogP contribution in [0.3, 0.4) is 0 Å². The van der Waals surface area contributed by atoms with Crippen molar-refractivity contribution in [2.45, 2.75) is 6.92 Å². The topological polar surface area (TPSA) is 9.23 Å². The molecule has 0 aliphatic heterocycles. The highest BCUT2D eigenvalue weighted by molar-refractivity contribution is 14.1. The van der Waals surface area contributed by atoms with Crippen molar-refractivity contribution < 1.29 is 4.74 Å². The summed E-state index contributed by atoms with van der Waals surface area (Å²) in [5.74, 6) is 0.946. The van der Waals surface area contributed by atoms with Crippen molar-refractivity contribution in [1.82, 2.24) is 0 Å². The molecule has 2 aromatic carbocycles. The third-order valence-electron chi connectivity index (χ3n) is 2.29. The molecule has 0 aliphatic carbocycles. The molecule has 0 aromatic heterocycles. The lowest BCUT2D eigenvalue weighted by Crippen LogP contribution is -1.88. The summed E-state index contributed by atoms with van der Waals surface area (Å²) in [5.41, 5.74) is 1.29. The van der Waals surface area contributed by atoms with Crippen LogP contribution in [0.15, 0.2) is 30.3 Å². The first-order valence-electron chi connectivity index (χ1n) is 4.45. The largest absolute Gasteiger partial charge is 0.496 e. The maximum Gasteiger partial charge on any atom is 0.132 e. The van der Waals surface area contributed by atoms with Gasteiger partial charge in [-0.3, -0.25) is 0 Å². The maximum absolute atomic E-state index is 5.28. The second-order valence-electron chi connectivity index (χ2n) is 3.31. The van der Waals surface area contributed by atoms with E-state index >= 15 is 0 Å². The van der Waals surface area contributed by atoms with E-state index in [4.69, 9.17) is 4.74 Å². The predicted molar refractivity (Wildman–Crippen MR) is 68.0 cm³/mol. The highest BCUT2D eigenvalue weighted by Gasteiger charge is 2.04. The third kappa shape index (κ3) is 1.59. The molecule has 72 valence electrons. The van der Waals surface area contributed by atoms with Crippen molar-refractivity contribution in [1.29, 1.82) is 0 Å². The Morgan fingerprint density at radius 2 is 1.93 bits per heavy atom. The van der Waals surface area contributed by atoms with E-state index in [2.05, 4.69) is 53.8 Å². The van der Waals surface area contributed by atoms with Crippen molar-refractivity contribution in [2.75, 3.05) is 7.11 Å². The number of fused-ring (bicyclic) bond motifs is 1. The Balaban J connectivity index is 2.77. The van der Waals surface area contributed by atoms with Crippen LogP contribution in [0, 0.1) is 10.5 Å². The zero-order valence-corrected chi connectivity index (χ0v) is 10.3. The Hall–Kier alpha value is -0.770. The molecule has 0 heterocycles. The molecule has 0 amide bonds. The van der Waals surface area contributed by atoms with Gasteiger partial charge in [-0.1, -0.05) is 29.8 Å². The van der Waals surface area contributed by atoms with Gasteiger partial charge in [-0.15, -0.1) is 0 Å². The lowest BCUT2D eigenvalue weighted by atomic mass is 10.1. The van der Waals surface area contributed by atoms with Gasteiger partial charge in [0.25, 0.3) is 0 Å². The van der Waals surface area contributed by atoms with Crippen LogP contribution in [0.2, 0.25) is 0 Å². The van der Waals surface area contributed by atoms with Crippen LogP contribution in [0.5, 0.6) is 5.75 Å². The van der Waals surface area contributed by atoms with Crippen molar-refractivity contribution in [3.8, 4) is 5.75 Å². The normalized spacial score (nSPS) is 10.5. The molecule has 14 heavy (non-hydrogen) atoms. The van der Waals surface area contributed by atoms with Crippen LogP contribution in [0.4, 0.5) is 0 Å². The van der Waals surface area contributed by atoms with Crippen LogP contribution in [0.25, 0.3) is 10.8 Å². The minimum absolute atomic E-state index is 0.946. The maximum atomic E-state index is 5.28. The van der Waals surface area contributed by atoms with Gasteiger partial charge in [-0.05, 0) is 46.4 Å². The smallest absolute Gasteiger partial charge is 0.132 e. The van der Waals surface area contributed by atoms with Crippen LogP contribution in [0.1, 0.15) is 5.56 Å². The van der Waals surface area contributed by atoms with Crippen molar-refractivity contribution in [3.05, 3.63) is 39.5 Å². The van der Waals surface area contributed by atoms with Crippen LogP contribution in [-0.2, 0) is 0 Å². The molecule has 2 heteroatoms. The Bertz CT molecular complexity index is 477. The molecule has 1 nitrogen and oxygen atoms in total. The third-order valence-corrected chi connectivity index (χ3v) is 3.41. The SMILES string of the molecule is COc1ccc2cc(C)ccc2c1I. The van der Waals surface area contributed by atoms with Gasteiger partial charge in [0.05, 0.1) is 10.7 Å². The van der Waals surface area contributed by atoms with Crippen LogP contribution in [-0.4, -0.2) is 7.11 Å². The highest BCUT2D eigenvalue weighted by atomic mass is 127. The Morgan fingerprint density at radius 3 is 2.64 bits per heavy atom. The van der Waals surface area contributed by atoms with Gasteiger partial charge in [0.1, 0.15) is 5.75 Å². The van der Waals surface area contributed by atoms with Crippen LogP contribution >= 0.6 is 22.6 Å². The fourth-order valence-electron chi connectivity index (χ4n) is 1.55. The molecule has 0 fully saturated rings. The molecule has 2 aromatic rings. The number of rotatable bonds is 1. The Morgan fingerprint density at radius 1 is 1.14 bits per heavy atom. The van der Waals surface area contributed by atoms with Gasteiger partial charge in [-0.25, -0.2) is 0 Å². The number of ether oxygens (including phenoxy) is 1. The minimum Gasteiger partial charge on any atom is -0.496 e. The van der Waals surface area contributed by atoms with E-state index in [0.717, 1.165) is 5.75 Å². The van der Waals surface area contributed by atoms with E-state index in [0.29, 0.717) is 0 Å². The summed E-state index contributed by atoms with van der Waals surface area (Å²) in [4.78, 5) is 0. The zero-order chi connectivity index (χ0) is 10.1. The molecule has 0 spiro atoms. The molecule has 0 N–H and O–H groups in total. The van der Waals surface area contributed by atoms with E-state index in [9.17, 15) is 0 Å². The van der Waals surface area contributed by atoms with E-state index < -0.39 is 0 Å². The molecule has 0 aliphatic rings. The molecule has 0 radical (unpaired) electrons. The van der Waals surface area contributed by atoms with Gasteiger partial charge >= 0.3 is 0 Å². The van der Waals surface area contributed by atoms with Crippen molar-refractivity contribution in [2.24, 2.45) is 0 Å².